The van der Waals surface area contributed by atoms with Gasteiger partial charge in [-0.1, -0.05) is 6.07 Å². The van der Waals surface area contributed by atoms with E-state index in [1.165, 1.54) is 0 Å². The summed E-state index contributed by atoms with van der Waals surface area (Å²) in [6.07, 6.45) is 1.70. The molecule has 2 aromatic rings. The fourth-order valence-corrected chi connectivity index (χ4v) is 2.39. The van der Waals surface area contributed by atoms with Crippen LogP contribution in [0.25, 0.3) is 0 Å². The molecule has 23 heavy (non-hydrogen) atoms. The molecule has 1 N–H and O–H groups in total. The number of anilines is 1. The van der Waals surface area contributed by atoms with Gasteiger partial charge >= 0.3 is 0 Å². The fraction of sp³-hybridized carbons (Fsp3) is 0.375. The van der Waals surface area contributed by atoms with Gasteiger partial charge in [0.05, 0.1) is 25.5 Å². The molecular formula is C16H19N5O2. The third kappa shape index (κ3) is 4.01. The van der Waals surface area contributed by atoms with Gasteiger partial charge in [-0.05, 0) is 19.1 Å². The van der Waals surface area contributed by atoms with Crippen LogP contribution in [0.3, 0.4) is 0 Å². The minimum atomic E-state index is -0.226. The van der Waals surface area contributed by atoms with Gasteiger partial charge in [-0.3, -0.25) is 9.78 Å². The smallest absolute Gasteiger partial charge is 0.270 e. The normalized spacial score (nSPS) is 14.6. The number of pyridine rings is 1. The zero-order valence-corrected chi connectivity index (χ0v) is 13.0. The topological polar surface area (TPSA) is 80.2 Å². The van der Waals surface area contributed by atoms with Gasteiger partial charge in [0.2, 0.25) is 0 Å². The maximum atomic E-state index is 12.3. The number of aromatic nitrogens is 3. The molecule has 3 heterocycles. The van der Waals surface area contributed by atoms with Crippen LogP contribution in [0.2, 0.25) is 0 Å². The molecular weight excluding hydrogens is 294 g/mol. The number of hydrogen-bond acceptors (Lipinski definition) is 6. The highest BCUT2D eigenvalue weighted by atomic mass is 16.5. The summed E-state index contributed by atoms with van der Waals surface area (Å²) in [6, 6.07) is 7.32. The summed E-state index contributed by atoms with van der Waals surface area (Å²) < 4.78 is 5.35. The second-order valence-corrected chi connectivity index (χ2v) is 5.26. The van der Waals surface area contributed by atoms with Crippen molar-refractivity contribution in [3.63, 3.8) is 0 Å². The van der Waals surface area contributed by atoms with Crippen molar-refractivity contribution in [1.82, 2.24) is 20.3 Å². The summed E-state index contributed by atoms with van der Waals surface area (Å²) in [7, 11) is 0. The predicted molar refractivity (Wildman–Crippen MR) is 85.2 cm³/mol. The molecule has 120 valence electrons. The van der Waals surface area contributed by atoms with Crippen LogP contribution in [-0.4, -0.2) is 47.2 Å². The Balaban J connectivity index is 1.71. The van der Waals surface area contributed by atoms with E-state index in [9.17, 15) is 4.79 Å². The predicted octanol–water partition coefficient (Wildman–Crippen LogP) is 0.947. The Morgan fingerprint density at radius 2 is 2.13 bits per heavy atom. The van der Waals surface area contributed by atoms with Crippen LogP contribution >= 0.6 is 0 Å². The summed E-state index contributed by atoms with van der Waals surface area (Å²) in [5, 5.41) is 2.84. The van der Waals surface area contributed by atoms with Gasteiger partial charge in [-0.2, -0.15) is 0 Å². The Labute approximate surface area is 134 Å². The van der Waals surface area contributed by atoms with E-state index in [4.69, 9.17) is 4.74 Å². The van der Waals surface area contributed by atoms with Crippen LogP contribution in [0.1, 0.15) is 22.0 Å². The summed E-state index contributed by atoms with van der Waals surface area (Å²) >= 11 is 0. The monoisotopic (exact) mass is 313 g/mol. The summed E-state index contributed by atoms with van der Waals surface area (Å²) in [6.45, 7) is 5.04. The maximum Gasteiger partial charge on any atom is 0.270 e. The maximum absolute atomic E-state index is 12.3. The van der Waals surface area contributed by atoms with E-state index < -0.39 is 0 Å². The van der Waals surface area contributed by atoms with Crippen molar-refractivity contribution in [2.24, 2.45) is 0 Å². The molecule has 7 nitrogen and oxygen atoms in total. The molecule has 0 atom stereocenters. The standard InChI is InChI=1S/C16H19N5O2/c1-12-19-14(10-15(20-12)21-6-8-23-9-7-21)16(22)18-11-13-4-2-3-5-17-13/h2-5,10H,6-9,11H2,1H3,(H,18,22). The van der Waals surface area contributed by atoms with Crippen molar-refractivity contribution in [3.05, 3.63) is 47.7 Å². The van der Waals surface area contributed by atoms with Gasteiger partial charge in [0.1, 0.15) is 17.3 Å². The van der Waals surface area contributed by atoms with Crippen molar-refractivity contribution >= 4 is 11.7 Å². The summed E-state index contributed by atoms with van der Waals surface area (Å²) in [5.41, 5.74) is 1.18. The molecule has 1 aliphatic heterocycles. The van der Waals surface area contributed by atoms with E-state index in [1.54, 1.807) is 19.2 Å². The van der Waals surface area contributed by atoms with Crippen LogP contribution in [0, 0.1) is 6.92 Å². The van der Waals surface area contributed by atoms with E-state index in [0.29, 0.717) is 31.3 Å². The largest absolute Gasteiger partial charge is 0.378 e. The number of morpholine rings is 1. The number of aryl methyl sites for hydroxylation is 1. The highest BCUT2D eigenvalue weighted by Gasteiger charge is 2.16. The van der Waals surface area contributed by atoms with Crippen LogP contribution in [-0.2, 0) is 11.3 Å². The molecule has 3 rings (SSSR count). The first-order chi connectivity index (χ1) is 11.2. The highest BCUT2D eigenvalue weighted by Crippen LogP contribution is 2.14. The van der Waals surface area contributed by atoms with Crippen molar-refractivity contribution in [1.29, 1.82) is 0 Å². The average molecular weight is 313 g/mol. The van der Waals surface area contributed by atoms with Gasteiger partial charge < -0.3 is 15.0 Å². The van der Waals surface area contributed by atoms with Gasteiger partial charge in [0.15, 0.2) is 0 Å². The molecule has 0 aromatic carbocycles. The van der Waals surface area contributed by atoms with E-state index in [-0.39, 0.29) is 5.91 Å². The number of nitrogens with zero attached hydrogens (tertiary/aromatic N) is 4. The number of rotatable bonds is 4. The Hall–Kier alpha value is -2.54. The lowest BCUT2D eigenvalue weighted by Crippen LogP contribution is -2.37. The lowest BCUT2D eigenvalue weighted by molar-refractivity contribution is 0.0945. The zero-order valence-electron chi connectivity index (χ0n) is 13.0. The van der Waals surface area contributed by atoms with E-state index >= 15 is 0 Å². The number of carbonyl (C=O) groups is 1. The molecule has 7 heteroatoms. The number of amides is 1. The van der Waals surface area contributed by atoms with Gasteiger partial charge in [-0.25, -0.2) is 9.97 Å². The molecule has 1 saturated heterocycles. The number of hydrogen-bond donors (Lipinski definition) is 1. The number of ether oxygens (including phenoxy) is 1. The van der Waals surface area contributed by atoms with Crippen LogP contribution in [0.15, 0.2) is 30.5 Å². The lowest BCUT2D eigenvalue weighted by Gasteiger charge is -2.28. The van der Waals surface area contributed by atoms with Crippen molar-refractivity contribution in [2.75, 3.05) is 31.2 Å². The van der Waals surface area contributed by atoms with Gasteiger partial charge in [0, 0.05) is 25.4 Å². The van der Waals surface area contributed by atoms with Crippen LogP contribution in [0.5, 0.6) is 0 Å². The lowest BCUT2D eigenvalue weighted by atomic mass is 10.3. The van der Waals surface area contributed by atoms with Crippen molar-refractivity contribution in [2.45, 2.75) is 13.5 Å². The Morgan fingerprint density at radius 1 is 1.30 bits per heavy atom. The van der Waals surface area contributed by atoms with Crippen molar-refractivity contribution in [3.8, 4) is 0 Å². The molecule has 0 saturated carbocycles. The van der Waals surface area contributed by atoms with E-state index in [0.717, 1.165) is 24.6 Å². The van der Waals surface area contributed by atoms with Gasteiger partial charge in [-0.15, -0.1) is 0 Å². The molecule has 0 radical (unpaired) electrons. The SMILES string of the molecule is Cc1nc(C(=O)NCc2ccccn2)cc(N2CCOCC2)n1. The third-order valence-corrected chi connectivity index (χ3v) is 3.55. The Kier molecular flexibility index (Phi) is 4.77. The summed E-state index contributed by atoms with van der Waals surface area (Å²) in [5.74, 6) is 1.12. The average Bonchev–Trinajstić information content (AvgIpc) is 2.61. The second-order valence-electron chi connectivity index (χ2n) is 5.26. The zero-order chi connectivity index (χ0) is 16.1. The third-order valence-electron chi connectivity index (χ3n) is 3.55. The molecule has 0 bridgehead atoms. The minimum Gasteiger partial charge on any atom is -0.378 e. The van der Waals surface area contributed by atoms with E-state index in [2.05, 4.69) is 25.2 Å². The molecule has 0 spiro atoms. The minimum absolute atomic E-state index is 0.226. The summed E-state index contributed by atoms with van der Waals surface area (Å²) in [4.78, 5) is 27.3. The molecule has 0 aliphatic carbocycles. The van der Waals surface area contributed by atoms with Crippen LogP contribution < -0.4 is 10.2 Å². The molecule has 1 amide bonds. The quantitative estimate of drug-likeness (QED) is 0.905. The first-order valence-corrected chi connectivity index (χ1v) is 7.59. The first-order valence-electron chi connectivity index (χ1n) is 7.59. The second kappa shape index (κ2) is 7.15. The molecule has 2 aromatic heterocycles. The van der Waals surface area contributed by atoms with E-state index in [1.807, 2.05) is 18.2 Å². The van der Waals surface area contributed by atoms with Crippen molar-refractivity contribution < 1.29 is 9.53 Å². The Bertz CT molecular complexity index is 671. The molecule has 0 unspecified atom stereocenters. The molecule has 1 aliphatic rings. The van der Waals surface area contributed by atoms with Gasteiger partial charge in [0.25, 0.3) is 5.91 Å². The Morgan fingerprint density at radius 3 is 2.87 bits per heavy atom. The highest BCUT2D eigenvalue weighted by molar-refractivity contribution is 5.92. The first kappa shape index (κ1) is 15.4. The van der Waals surface area contributed by atoms with Crippen LogP contribution in [0.4, 0.5) is 5.82 Å². The fourth-order valence-electron chi connectivity index (χ4n) is 2.39. The number of carbonyl (C=O) groups excluding carboxylic acids is 1. The molecule has 1 fully saturated rings. The number of nitrogens with one attached hydrogen (secondary N) is 1.